The second-order valence-corrected chi connectivity index (χ2v) is 7.25. The zero-order valence-corrected chi connectivity index (χ0v) is 13.9. The van der Waals surface area contributed by atoms with Crippen LogP contribution in [0.2, 0.25) is 0 Å². The topological polar surface area (TPSA) is 44.1 Å². The number of hydrogen-bond donors (Lipinski definition) is 0. The van der Waals surface area contributed by atoms with Crippen molar-refractivity contribution in [3.63, 3.8) is 0 Å². The molecule has 0 saturated carbocycles. The van der Waals surface area contributed by atoms with Crippen LogP contribution in [0.1, 0.15) is 31.5 Å². The molecule has 22 heavy (non-hydrogen) atoms. The Morgan fingerprint density at radius 2 is 2.14 bits per heavy atom. The quantitative estimate of drug-likeness (QED) is 0.642. The number of aromatic nitrogens is 2. The van der Waals surface area contributed by atoms with Crippen LogP contribution in [0.4, 0.5) is 0 Å². The van der Waals surface area contributed by atoms with Gasteiger partial charge in [-0.1, -0.05) is 19.9 Å². The highest BCUT2D eigenvalue weighted by atomic mass is 32.2. The van der Waals surface area contributed by atoms with E-state index >= 15 is 0 Å². The predicted octanol–water partition coefficient (Wildman–Crippen LogP) is 3.23. The Morgan fingerprint density at radius 3 is 2.86 bits per heavy atom. The number of hydrogen-bond acceptors (Lipinski definition) is 4. The van der Waals surface area contributed by atoms with Crippen molar-refractivity contribution < 1.29 is 4.74 Å². The Kier molecular flexibility index (Phi) is 4.25. The minimum Gasteiger partial charge on any atom is -0.497 e. The summed E-state index contributed by atoms with van der Waals surface area (Å²) in [6.45, 7) is 4.25. The molecule has 0 atom stereocenters. The average molecular weight is 316 g/mol. The molecule has 0 spiro atoms. The van der Waals surface area contributed by atoms with Gasteiger partial charge in [0, 0.05) is 22.6 Å². The Morgan fingerprint density at radius 1 is 1.32 bits per heavy atom. The third-order valence-corrected chi connectivity index (χ3v) is 4.80. The minimum absolute atomic E-state index is 0.197. The molecule has 0 bridgehead atoms. The summed E-state index contributed by atoms with van der Waals surface area (Å²) in [6.07, 6.45) is 3.01. The van der Waals surface area contributed by atoms with E-state index < -0.39 is 0 Å². The molecule has 1 heterocycles. The Balaban J connectivity index is 2.17. The van der Waals surface area contributed by atoms with Crippen molar-refractivity contribution in [1.82, 2.24) is 9.55 Å². The van der Waals surface area contributed by atoms with Crippen molar-refractivity contribution in [3.8, 4) is 11.4 Å². The predicted molar refractivity (Wildman–Crippen MR) is 89.4 cm³/mol. The summed E-state index contributed by atoms with van der Waals surface area (Å²) < 4.78 is 7.02. The van der Waals surface area contributed by atoms with Crippen molar-refractivity contribution >= 4 is 11.8 Å². The van der Waals surface area contributed by atoms with Crippen LogP contribution in [0.3, 0.4) is 0 Å². The molecule has 0 aliphatic heterocycles. The molecule has 0 N–H and O–H groups in total. The second-order valence-electron chi connectivity index (χ2n) is 5.68. The molecule has 4 nitrogen and oxygen atoms in total. The molecule has 1 aromatic carbocycles. The number of methoxy groups -OCH3 is 1. The third-order valence-electron chi connectivity index (χ3n) is 3.76. The summed E-state index contributed by atoms with van der Waals surface area (Å²) in [4.78, 5) is 16.9. The lowest BCUT2D eigenvalue weighted by Crippen LogP contribution is -2.26. The molecule has 1 aromatic heterocycles. The lowest BCUT2D eigenvalue weighted by molar-refractivity contribution is 0.414. The zero-order valence-electron chi connectivity index (χ0n) is 13.1. The number of thioether (sulfide) groups is 1. The first kappa shape index (κ1) is 15.2. The standard InChI is InChI=1S/C17H20N2O2S/c1-11(2)22-16-14-8-5-9-15(14)19(17(20)18-16)12-6-4-7-13(10-12)21-3/h4,6-7,10-11H,5,8-9H2,1-3H3. The molecule has 3 rings (SSSR count). The highest BCUT2D eigenvalue weighted by Gasteiger charge is 2.23. The third kappa shape index (κ3) is 2.77. The fourth-order valence-corrected chi connectivity index (χ4v) is 3.80. The van der Waals surface area contributed by atoms with Crippen molar-refractivity contribution in [2.75, 3.05) is 7.11 Å². The van der Waals surface area contributed by atoms with Gasteiger partial charge in [0.25, 0.3) is 0 Å². The maximum Gasteiger partial charge on any atom is 0.353 e. The monoisotopic (exact) mass is 316 g/mol. The van der Waals surface area contributed by atoms with E-state index in [2.05, 4.69) is 18.8 Å². The van der Waals surface area contributed by atoms with Crippen LogP contribution < -0.4 is 10.4 Å². The fourth-order valence-electron chi connectivity index (χ4n) is 2.86. The molecule has 116 valence electrons. The molecule has 0 saturated heterocycles. The van der Waals surface area contributed by atoms with Crippen molar-refractivity contribution in [1.29, 1.82) is 0 Å². The van der Waals surface area contributed by atoms with Crippen LogP contribution in [0.25, 0.3) is 5.69 Å². The molecule has 2 aromatic rings. The molecule has 0 unspecified atom stereocenters. The molecule has 0 amide bonds. The van der Waals surface area contributed by atoms with Gasteiger partial charge < -0.3 is 4.74 Å². The fraction of sp³-hybridized carbons (Fsp3) is 0.412. The SMILES string of the molecule is COc1cccc(-n2c3c(c(SC(C)C)nc2=O)CCC3)c1. The molecule has 5 heteroatoms. The van der Waals surface area contributed by atoms with Gasteiger partial charge in [0.15, 0.2) is 0 Å². The smallest absolute Gasteiger partial charge is 0.353 e. The van der Waals surface area contributed by atoms with Crippen LogP contribution >= 0.6 is 11.8 Å². The first-order chi connectivity index (χ1) is 10.6. The van der Waals surface area contributed by atoms with E-state index in [-0.39, 0.29) is 5.69 Å². The van der Waals surface area contributed by atoms with Gasteiger partial charge in [-0.2, -0.15) is 4.98 Å². The maximum absolute atomic E-state index is 12.6. The summed E-state index contributed by atoms with van der Waals surface area (Å²) >= 11 is 1.68. The van der Waals surface area contributed by atoms with E-state index in [1.807, 2.05) is 24.3 Å². The largest absolute Gasteiger partial charge is 0.497 e. The highest BCUT2D eigenvalue weighted by Crippen LogP contribution is 2.32. The summed E-state index contributed by atoms with van der Waals surface area (Å²) in [5.41, 5.74) is 2.98. The average Bonchev–Trinajstić information content (AvgIpc) is 2.96. The van der Waals surface area contributed by atoms with Gasteiger partial charge in [-0.15, -0.1) is 11.8 Å². The molecule has 1 aliphatic carbocycles. The van der Waals surface area contributed by atoms with E-state index in [0.717, 1.165) is 41.4 Å². The first-order valence-electron chi connectivity index (χ1n) is 7.56. The molecular formula is C17H20N2O2S. The van der Waals surface area contributed by atoms with E-state index in [1.165, 1.54) is 5.56 Å². The minimum atomic E-state index is -0.197. The van der Waals surface area contributed by atoms with Crippen LogP contribution in [-0.2, 0) is 12.8 Å². The van der Waals surface area contributed by atoms with Gasteiger partial charge in [0.05, 0.1) is 12.8 Å². The van der Waals surface area contributed by atoms with Crippen LogP contribution in [-0.4, -0.2) is 21.9 Å². The van der Waals surface area contributed by atoms with Gasteiger partial charge in [0.2, 0.25) is 0 Å². The van der Waals surface area contributed by atoms with Gasteiger partial charge in [-0.05, 0) is 31.4 Å². The van der Waals surface area contributed by atoms with Crippen molar-refractivity contribution in [2.24, 2.45) is 0 Å². The van der Waals surface area contributed by atoms with E-state index in [1.54, 1.807) is 23.4 Å². The summed E-state index contributed by atoms with van der Waals surface area (Å²) in [5, 5.41) is 1.33. The van der Waals surface area contributed by atoms with Crippen molar-refractivity contribution in [3.05, 3.63) is 46.0 Å². The van der Waals surface area contributed by atoms with Gasteiger partial charge in [0.1, 0.15) is 10.8 Å². The Hall–Kier alpha value is -1.75. The Labute approximate surface area is 134 Å². The normalized spacial score (nSPS) is 13.5. The zero-order chi connectivity index (χ0) is 15.7. The van der Waals surface area contributed by atoms with Gasteiger partial charge in [-0.3, -0.25) is 4.57 Å². The lowest BCUT2D eigenvalue weighted by atomic mass is 10.2. The molecular weight excluding hydrogens is 296 g/mol. The molecule has 0 fully saturated rings. The summed E-state index contributed by atoms with van der Waals surface area (Å²) in [7, 11) is 1.63. The van der Waals surface area contributed by atoms with E-state index in [0.29, 0.717) is 5.25 Å². The number of benzene rings is 1. The summed E-state index contributed by atoms with van der Waals surface area (Å²) in [5.74, 6) is 0.747. The number of nitrogens with zero attached hydrogens (tertiary/aromatic N) is 2. The van der Waals surface area contributed by atoms with Gasteiger partial charge >= 0.3 is 5.69 Å². The highest BCUT2D eigenvalue weighted by molar-refractivity contribution is 7.99. The Bertz CT molecular complexity index is 753. The molecule has 1 aliphatic rings. The second kappa shape index (κ2) is 6.16. The maximum atomic E-state index is 12.6. The number of rotatable bonds is 4. The first-order valence-corrected chi connectivity index (χ1v) is 8.44. The number of ether oxygens (including phenoxy) is 1. The van der Waals surface area contributed by atoms with E-state index in [4.69, 9.17) is 4.74 Å². The van der Waals surface area contributed by atoms with Crippen LogP contribution in [0, 0.1) is 0 Å². The lowest BCUT2D eigenvalue weighted by Gasteiger charge is -2.15. The van der Waals surface area contributed by atoms with Gasteiger partial charge in [-0.25, -0.2) is 4.79 Å². The summed E-state index contributed by atoms with van der Waals surface area (Å²) in [6, 6.07) is 7.60. The van der Waals surface area contributed by atoms with Crippen molar-refractivity contribution in [2.45, 2.75) is 43.4 Å². The number of fused-ring (bicyclic) bond motifs is 1. The van der Waals surface area contributed by atoms with Crippen LogP contribution in [0.5, 0.6) is 5.75 Å². The van der Waals surface area contributed by atoms with Crippen LogP contribution in [0.15, 0.2) is 34.1 Å². The molecule has 0 radical (unpaired) electrons. The van der Waals surface area contributed by atoms with E-state index in [9.17, 15) is 4.79 Å².